The second-order valence-electron chi connectivity index (χ2n) is 17.5. The SMILES string of the molecule is CCCC/C=C\CCCCCCCC(=O)OCCCCCCCC/C=C\C/C=C\CCC(=O)NC(COC1OC(CO)C(O)C(O)C1O)C(O)/C=C/CC/C=C/CCCCCCCC. The van der Waals surface area contributed by atoms with Crippen molar-refractivity contribution in [2.45, 2.75) is 243 Å². The van der Waals surface area contributed by atoms with Crippen LogP contribution < -0.4 is 5.32 Å². The van der Waals surface area contributed by atoms with E-state index in [-0.39, 0.29) is 24.9 Å². The first kappa shape index (κ1) is 59.4. The molecule has 6 N–H and O–H groups in total. The molecule has 0 aliphatic carbocycles. The summed E-state index contributed by atoms with van der Waals surface area (Å²) in [5, 5.41) is 54.1. The number of amides is 1. The standard InChI is InChI=1S/C53H93NO10/c1-3-5-7-9-11-13-15-20-23-27-31-35-39-46(56)45(44-63-53-52(61)51(60)50(59)47(43-55)64-53)54-48(57)40-36-32-28-24-21-17-16-18-22-26-30-34-38-42-62-49(58)41-37-33-29-25-19-14-12-10-8-6-4-2/h10,12,17,20-21,23,28,32,35,39,45-47,50-53,55-56,59-61H,3-9,11,13-16,18-19,22,24-27,29-31,33-34,36-38,40-44H2,1-2H3,(H,54,57)/b12-10-,21-17-,23-20+,32-28-,39-35+. The Morgan fingerprint density at radius 3 is 1.72 bits per heavy atom. The van der Waals surface area contributed by atoms with Crippen molar-refractivity contribution in [2.24, 2.45) is 0 Å². The van der Waals surface area contributed by atoms with Gasteiger partial charge in [0.05, 0.1) is 32.0 Å². The summed E-state index contributed by atoms with van der Waals surface area (Å²) in [4.78, 5) is 24.9. The average molecular weight is 904 g/mol. The first-order valence-corrected chi connectivity index (χ1v) is 25.6. The van der Waals surface area contributed by atoms with E-state index in [1.807, 2.05) is 18.2 Å². The van der Waals surface area contributed by atoms with Gasteiger partial charge in [-0.1, -0.05) is 164 Å². The summed E-state index contributed by atoms with van der Waals surface area (Å²) in [5.41, 5.74) is 0. The third-order valence-corrected chi connectivity index (χ3v) is 11.6. The van der Waals surface area contributed by atoms with E-state index in [0.29, 0.717) is 19.4 Å². The molecule has 0 radical (unpaired) electrons. The zero-order valence-corrected chi connectivity index (χ0v) is 40.2. The van der Waals surface area contributed by atoms with Crippen molar-refractivity contribution in [1.29, 1.82) is 0 Å². The summed E-state index contributed by atoms with van der Waals surface area (Å²) in [5.74, 6) is -0.329. The van der Waals surface area contributed by atoms with Crippen LogP contribution in [0, 0.1) is 0 Å². The number of esters is 1. The van der Waals surface area contributed by atoms with Crippen molar-refractivity contribution in [2.75, 3.05) is 19.8 Å². The van der Waals surface area contributed by atoms with Crippen LogP contribution in [-0.4, -0.2) is 100 Å². The van der Waals surface area contributed by atoms with Crippen LogP contribution in [0.5, 0.6) is 0 Å². The highest BCUT2D eigenvalue weighted by molar-refractivity contribution is 5.76. The lowest BCUT2D eigenvalue weighted by molar-refractivity contribution is -0.302. The van der Waals surface area contributed by atoms with Gasteiger partial charge in [0.2, 0.25) is 5.91 Å². The highest BCUT2D eigenvalue weighted by Crippen LogP contribution is 2.22. The molecule has 0 aromatic rings. The molecular formula is C53H93NO10. The van der Waals surface area contributed by atoms with Crippen LogP contribution in [0.4, 0.5) is 0 Å². The number of ether oxygens (including phenoxy) is 3. The molecule has 7 unspecified atom stereocenters. The van der Waals surface area contributed by atoms with Crippen LogP contribution in [0.25, 0.3) is 0 Å². The number of nitrogens with one attached hydrogen (secondary N) is 1. The molecule has 0 saturated carbocycles. The van der Waals surface area contributed by atoms with Crippen molar-refractivity contribution in [3.8, 4) is 0 Å². The second-order valence-corrected chi connectivity index (χ2v) is 17.5. The molecule has 11 heteroatoms. The summed E-state index contributed by atoms with van der Waals surface area (Å²) in [6, 6.07) is -0.872. The normalized spacial score (nSPS) is 20.4. The van der Waals surface area contributed by atoms with E-state index in [9.17, 15) is 35.1 Å². The first-order valence-electron chi connectivity index (χ1n) is 25.6. The molecule has 0 bridgehead atoms. The Morgan fingerprint density at radius 1 is 0.578 bits per heavy atom. The van der Waals surface area contributed by atoms with Gasteiger partial charge in [-0.05, 0) is 83.5 Å². The minimum atomic E-state index is -1.59. The predicted octanol–water partition coefficient (Wildman–Crippen LogP) is 10.3. The molecule has 1 heterocycles. The maximum absolute atomic E-state index is 12.9. The molecule has 0 spiro atoms. The van der Waals surface area contributed by atoms with Gasteiger partial charge in [-0.15, -0.1) is 0 Å². The van der Waals surface area contributed by atoms with Crippen molar-refractivity contribution < 1.29 is 49.3 Å². The van der Waals surface area contributed by atoms with Crippen LogP contribution in [0.2, 0.25) is 0 Å². The number of allylic oxidation sites excluding steroid dienone is 9. The number of hydrogen-bond acceptors (Lipinski definition) is 10. The van der Waals surface area contributed by atoms with Gasteiger partial charge in [0, 0.05) is 12.8 Å². The van der Waals surface area contributed by atoms with Gasteiger partial charge in [-0.2, -0.15) is 0 Å². The molecule has 0 aromatic carbocycles. The van der Waals surface area contributed by atoms with E-state index < -0.39 is 49.5 Å². The van der Waals surface area contributed by atoms with E-state index in [4.69, 9.17) is 14.2 Å². The van der Waals surface area contributed by atoms with Crippen molar-refractivity contribution in [1.82, 2.24) is 5.32 Å². The van der Waals surface area contributed by atoms with Gasteiger partial charge in [0.1, 0.15) is 24.4 Å². The zero-order chi connectivity index (χ0) is 46.7. The fraction of sp³-hybridized carbons (Fsp3) is 0.774. The quantitative estimate of drug-likeness (QED) is 0.0197. The third-order valence-electron chi connectivity index (χ3n) is 11.6. The van der Waals surface area contributed by atoms with Gasteiger partial charge in [-0.3, -0.25) is 9.59 Å². The van der Waals surface area contributed by atoms with E-state index in [0.717, 1.165) is 70.6 Å². The van der Waals surface area contributed by atoms with Crippen LogP contribution in [0.15, 0.2) is 60.8 Å². The average Bonchev–Trinajstić information content (AvgIpc) is 3.29. The van der Waals surface area contributed by atoms with Gasteiger partial charge in [0.25, 0.3) is 0 Å². The highest BCUT2D eigenvalue weighted by Gasteiger charge is 2.44. The fourth-order valence-corrected chi connectivity index (χ4v) is 7.42. The molecular weight excluding hydrogens is 811 g/mol. The van der Waals surface area contributed by atoms with Crippen molar-refractivity contribution in [3.63, 3.8) is 0 Å². The molecule has 1 saturated heterocycles. The Hall–Kier alpha value is -2.64. The molecule has 11 nitrogen and oxygen atoms in total. The number of carbonyl (C=O) groups excluding carboxylic acids is 2. The summed E-state index contributed by atoms with van der Waals surface area (Å²) in [7, 11) is 0. The molecule has 1 aliphatic rings. The first-order chi connectivity index (χ1) is 31.2. The van der Waals surface area contributed by atoms with Gasteiger partial charge < -0.3 is 45.1 Å². The second kappa shape index (κ2) is 43.0. The number of rotatable bonds is 42. The minimum Gasteiger partial charge on any atom is -0.466 e. The Labute approximate surface area is 388 Å². The number of aliphatic hydroxyl groups excluding tert-OH is 5. The molecule has 1 aliphatic heterocycles. The molecule has 370 valence electrons. The van der Waals surface area contributed by atoms with E-state index in [2.05, 4.69) is 55.6 Å². The van der Waals surface area contributed by atoms with Crippen LogP contribution in [0.1, 0.15) is 200 Å². The van der Waals surface area contributed by atoms with Crippen LogP contribution in [0.3, 0.4) is 0 Å². The lowest BCUT2D eigenvalue weighted by Gasteiger charge is -2.40. The van der Waals surface area contributed by atoms with E-state index >= 15 is 0 Å². The van der Waals surface area contributed by atoms with Gasteiger partial charge in [-0.25, -0.2) is 0 Å². The lowest BCUT2D eigenvalue weighted by Crippen LogP contribution is -2.60. The van der Waals surface area contributed by atoms with E-state index in [1.54, 1.807) is 6.08 Å². The topological polar surface area (TPSA) is 175 Å². The van der Waals surface area contributed by atoms with Gasteiger partial charge >= 0.3 is 5.97 Å². The summed E-state index contributed by atoms with van der Waals surface area (Å²) < 4.78 is 16.6. The van der Waals surface area contributed by atoms with Crippen molar-refractivity contribution in [3.05, 3.63) is 60.8 Å². The Kier molecular flexibility index (Phi) is 39.9. The van der Waals surface area contributed by atoms with Crippen LogP contribution in [-0.2, 0) is 23.8 Å². The molecule has 1 rings (SSSR count). The Morgan fingerprint density at radius 2 is 1.09 bits per heavy atom. The summed E-state index contributed by atoms with van der Waals surface area (Å²) >= 11 is 0. The number of aliphatic hydroxyl groups is 5. The smallest absolute Gasteiger partial charge is 0.305 e. The molecule has 7 atom stereocenters. The predicted molar refractivity (Wildman–Crippen MR) is 260 cm³/mol. The molecule has 1 fully saturated rings. The molecule has 1 amide bonds. The Bertz CT molecular complexity index is 1250. The number of carbonyl (C=O) groups is 2. The van der Waals surface area contributed by atoms with Crippen LogP contribution >= 0.6 is 0 Å². The Balaban J connectivity index is 2.27. The fourth-order valence-electron chi connectivity index (χ4n) is 7.42. The zero-order valence-electron chi connectivity index (χ0n) is 40.2. The minimum absolute atomic E-state index is 0.0528. The number of hydrogen-bond donors (Lipinski definition) is 6. The monoisotopic (exact) mass is 904 g/mol. The maximum atomic E-state index is 12.9. The molecule has 0 aromatic heterocycles. The number of unbranched alkanes of at least 4 members (excludes halogenated alkanes) is 20. The highest BCUT2D eigenvalue weighted by atomic mass is 16.7. The van der Waals surface area contributed by atoms with Crippen molar-refractivity contribution >= 4 is 11.9 Å². The van der Waals surface area contributed by atoms with Gasteiger partial charge in [0.15, 0.2) is 6.29 Å². The van der Waals surface area contributed by atoms with E-state index in [1.165, 1.54) is 96.3 Å². The maximum Gasteiger partial charge on any atom is 0.305 e. The lowest BCUT2D eigenvalue weighted by atomic mass is 9.99. The largest absolute Gasteiger partial charge is 0.466 e. The molecule has 64 heavy (non-hydrogen) atoms. The third kappa shape index (κ3) is 32.9. The summed E-state index contributed by atoms with van der Waals surface area (Å²) in [6.45, 7) is 4.15. The summed E-state index contributed by atoms with van der Waals surface area (Å²) in [6.07, 6.45) is 43.1.